The highest BCUT2D eigenvalue weighted by molar-refractivity contribution is 6.06. The number of nitrogens with zero attached hydrogens (tertiary/aromatic N) is 1. The maximum Gasteiger partial charge on any atom is 0.321 e. The molecular formula is C23H21NO7. The van der Waals surface area contributed by atoms with Gasteiger partial charge in [0.05, 0.1) is 19.7 Å². The Hall–Kier alpha value is -3.81. The predicted molar refractivity (Wildman–Crippen MR) is 111 cm³/mol. The van der Waals surface area contributed by atoms with Gasteiger partial charge in [-0.3, -0.25) is 19.0 Å². The molecule has 4 rings (SSSR count). The molecule has 1 heterocycles. The number of methoxy groups -OCH3 is 2. The number of aromatic nitrogens is 1. The van der Waals surface area contributed by atoms with Crippen molar-refractivity contribution in [2.45, 2.75) is 19.3 Å². The van der Waals surface area contributed by atoms with Crippen molar-refractivity contribution < 1.29 is 34.1 Å². The zero-order chi connectivity index (χ0) is 22.3. The van der Waals surface area contributed by atoms with E-state index < -0.39 is 17.4 Å². The fourth-order valence-electron chi connectivity index (χ4n) is 4.31. The van der Waals surface area contributed by atoms with Crippen LogP contribution in [0, 0.1) is 5.41 Å². The topological polar surface area (TPSA) is 115 Å². The molecule has 0 radical (unpaired) electrons. The normalized spacial score (nSPS) is 14.6. The average Bonchev–Trinajstić information content (AvgIpc) is 3.09. The van der Waals surface area contributed by atoms with Gasteiger partial charge >= 0.3 is 11.9 Å². The summed E-state index contributed by atoms with van der Waals surface area (Å²) in [5, 5.41) is 20.0. The van der Waals surface area contributed by atoms with Gasteiger partial charge in [-0.1, -0.05) is 18.2 Å². The van der Waals surface area contributed by atoms with Crippen LogP contribution in [0.4, 0.5) is 0 Å². The molecule has 0 amide bonds. The Balaban J connectivity index is 2.02. The SMILES string of the molecule is COc1cc2c3c(n(C(=O)c4ccccc4)c2cc1OC)CCC(C(=O)O)(C(=O)O)C3. The number of hydrogen-bond acceptors (Lipinski definition) is 5. The van der Waals surface area contributed by atoms with Crippen molar-refractivity contribution in [1.29, 1.82) is 0 Å². The van der Waals surface area contributed by atoms with Gasteiger partial charge in [0.2, 0.25) is 0 Å². The summed E-state index contributed by atoms with van der Waals surface area (Å²) in [5.41, 5.74) is 0.164. The first-order valence-electron chi connectivity index (χ1n) is 9.68. The van der Waals surface area contributed by atoms with Gasteiger partial charge in [0.25, 0.3) is 5.91 Å². The minimum absolute atomic E-state index is 0.114. The van der Waals surface area contributed by atoms with E-state index in [4.69, 9.17) is 9.47 Å². The summed E-state index contributed by atoms with van der Waals surface area (Å²) in [4.78, 5) is 37.3. The molecule has 0 atom stereocenters. The number of benzene rings is 2. The second-order valence-corrected chi connectivity index (χ2v) is 7.53. The lowest BCUT2D eigenvalue weighted by atomic mass is 9.72. The third kappa shape index (κ3) is 3.02. The monoisotopic (exact) mass is 423 g/mol. The molecular weight excluding hydrogens is 402 g/mol. The summed E-state index contributed by atoms with van der Waals surface area (Å²) in [6, 6.07) is 12.1. The van der Waals surface area contributed by atoms with Gasteiger partial charge in [-0.05, 0) is 36.6 Å². The minimum atomic E-state index is -1.95. The van der Waals surface area contributed by atoms with Crippen molar-refractivity contribution in [3.8, 4) is 11.5 Å². The molecule has 2 aromatic carbocycles. The highest BCUT2D eigenvalue weighted by Gasteiger charge is 2.50. The molecule has 31 heavy (non-hydrogen) atoms. The maximum absolute atomic E-state index is 13.4. The highest BCUT2D eigenvalue weighted by Crippen LogP contribution is 2.44. The molecule has 0 saturated heterocycles. The second-order valence-electron chi connectivity index (χ2n) is 7.53. The lowest BCUT2D eigenvalue weighted by molar-refractivity contribution is -0.165. The Bertz CT molecular complexity index is 1200. The molecule has 0 aliphatic heterocycles. The Morgan fingerprint density at radius 1 is 0.968 bits per heavy atom. The zero-order valence-corrected chi connectivity index (χ0v) is 17.0. The van der Waals surface area contributed by atoms with Crippen LogP contribution in [0.3, 0.4) is 0 Å². The summed E-state index contributed by atoms with van der Waals surface area (Å²) < 4.78 is 12.3. The molecule has 0 bridgehead atoms. The van der Waals surface area contributed by atoms with Crippen molar-refractivity contribution in [2.24, 2.45) is 5.41 Å². The fraction of sp³-hybridized carbons (Fsp3) is 0.261. The van der Waals surface area contributed by atoms with Crippen molar-refractivity contribution in [3.63, 3.8) is 0 Å². The van der Waals surface area contributed by atoms with E-state index in [0.29, 0.717) is 39.2 Å². The molecule has 8 heteroatoms. The van der Waals surface area contributed by atoms with Gasteiger partial charge in [-0.15, -0.1) is 0 Å². The Kier molecular flexibility index (Phi) is 4.93. The molecule has 0 unspecified atom stereocenters. The number of ether oxygens (including phenoxy) is 2. The molecule has 0 fully saturated rings. The standard InChI is InChI=1S/C23H21NO7/c1-30-18-10-14-15-12-23(21(26)27,22(28)29)9-8-16(15)24(17(14)11-19(18)31-2)20(25)13-6-4-3-5-7-13/h3-7,10-11H,8-9,12H2,1-2H3,(H,26,27)(H,28,29). The van der Waals surface area contributed by atoms with E-state index in [-0.39, 0.29) is 25.2 Å². The summed E-state index contributed by atoms with van der Waals surface area (Å²) in [6.07, 6.45) is -0.211. The van der Waals surface area contributed by atoms with Crippen LogP contribution in [-0.4, -0.2) is 46.8 Å². The van der Waals surface area contributed by atoms with Crippen molar-refractivity contribution in [2.75, 3.05) is 14.2 Å². The van der Waals surface area contributed by atoms with Crippen LogP contribution in [0.5, 0.6) is 11.5 Å². The second kappa shape index (κ2) is 7.46. The van der Waals surface area contributed by atoms with Crippen molar-refractivity contribution in [1.82, 2.24) is 4.57 Å². The van der Waals surface area contributed by atoms with Crippen LogP contribution in [0.2, 0.25) is 0 Å². The molecule has 8 nitrogen and oxygen atoms in total. The van der Waals surface area contributed by atoms with E-state index >= 15 is 0 Å². The first kappa shape index (κ1) is 20.5. The number of hydrogen-bond donors (Lipinski definition) is 2. The first-order chi connectivity index (χ1) is 14.8. The van der Waals surface area contributed by atoms with Gasteiger partial charge in [0, 0.05) is 29.1 Å². The number of rotatable bonds is 5. The number of aliphatic carboxylic acids is 2. The number of carboxylic acids is 2. The third-order valence-corrected chi connectivity index (χ3v) is 6.00. The molecule has 1 aliphatic rings. The number of carboxylic acid groups (broad SMARTS) is 2. The smallest absolute Gasteiger partial charge is 0.321 e. The van der Waals surface area contributed by atoms with Crippen molar-refractivity contribution in [3.05, 3.63) is 59.3 Å². The Morgan fingerprint density at radius 2 is 1.58 bits per heavy atom. The van der Waals surface area contributed by atoms with Crippen LogP contribution in [0.15, 0.2) is 42.5 Å². The zero-order valence-electron chi connectivity index (χ0n) is 17.0. The highest BCUT2D eigenvalue weighted by atomic mass is 16.5. The summed E-state index contributed by atoms with van der Waals surface area (Å²) in [7, 11) is 2.96. The fourth-order valence-corrected chi connectivity index (χ4v) is 4.31. The Morgan fingerprint density at radius 3 is 2.16 bits per heavy atom. The van der Waals surface area contributed by atoms with Gasteiger partial charge in [0.1, 0.15) is 0 Å². The molecule has 1 aromatic heterocycles. The Labute approximate surface area is 177 Å². The van der Waals surface area contributed by atoms with Gasteiger partial charge in [-0.2, -0.15) is 0 Å². The van der Waals surface area contributed by atoms with Crippen LogP contribution >= 0.6 is 0 Å². The number of carbonyl (C=O) groups excluding carboxylic acids is 1. The summed E-state index contributed by atoms with van der Waals surface area (Å²) in [6.45, 7) is 0. The summed E-state index contributed by atoms with van der Waals surface area (Å²) >= 11 is 0. The van der Waals surface area contributed by atoms with E-state index in [9.17, 15) is 24.6 Å². The molecule has 2 N–H and O–H groups in total. The van der Waals surface area contributed by atoms with E-state index in [2.05, 4.69) is 0 Å². The predicted octanol–water partition coefficient (Wildman–Crippen LogP) is 2.99. The van der Waals surface area contributed by atoms with Crippen LogP contribution in [-0.2, 0) is 22.4 Å². The van der Waals surface area contributed by atoms with E-state index in [1.165, 1.54) is 18.8 Å². The lowest BCUT2D eigenvalue weighted by Gasteiger charge is -2.29. The molecule has 0 spiro atoms. The molecule has 0 saturated carbocycles. The van der Waals surface area contributed by atoms with E-state index in [1.807, 2.05) is 6.07 Å². The van der Waals surface area contributed by atoms with Crippen LogP contribution < -0.4 is 9.47 Å². The number of carbonyl (C=O) groups is 3. The van der Waals surface area contributed by atoms with Gasteiger partial charge in [-0.25, -0.2) is 0 Å². The van der Waals surface area contributed by atoms with Gasteiger partial charge in [0.15, 0.2) is 16.9 Å². The lowest BCUT2D eigenvalue weighted by Crippen LogP contribution is -2.44. The quantitative estimate of drug-likeness (QED) is 0.606. The van der Waals surface area contributed by atoms with E-state index in [1.54, 1.807) is 36.4 Å². The van der Waals surface area contributed by atoms with Crippen molar-refractivity contribution >= 4 is 28.7 Å². The maximum atomic E-state index is 13.4. The minimum Gasteiger partial charge on any atom is -0.493 e. The summed E-state index contributed by atoms with van der Waals surface area (Å²) in [5.74, 6) is -2.24. The van der Waals surface area contributed by atoms with E-state index in [0.717, 1.165) is 0 Å². The van der Waals surface area contributed by atoms with Gasteiger partial charge < -0.3 is 19.7 Å². The largest absolute Gasteiger partial charge is 0.493 e. The average molecular weight is 423 g/mol. The van der Waals surface area contributed by atoms with Crippen LogP contribution in [0.25, 0.3) is 10.9 Å². The molecule has 1 aliphatic carbocycles. The molecule has 3 aromatic rings. The van der Waals surface area contributed by atoms with Crippen LogP contribution in [0.1, 0.15) is 28.0 Å². The number of fused-ring (bicyclic) bond motifs is 3. The third-order valence-electron chi connectivity index (χ3n) is 6.00. The first-order valence-corrected chi connectivity index (χ1v) is 9.68. The molecule has 160 valence electrons.